The van der Waals surface area contributed by atoms with E-state index in [1.165, 1.54) is 29.8 Å². The third-order valence-corrected chi connectivity index (χ3v) is 5.30. The number of hydrogen-bond donors (Lipinski definition) is 2. The molecule has 7 nitrogen and oxygen atoms in total. The highest BCUT2D eigenvalue weighted by molar-refractivity contribution is 5.90. The SMILES string of the molecule is CC(=O)Nc1cccc(-c2cnc(N)c(-c3nc4cnccc4n3-c3cccc(F)c3F)c2)c1. The number of nitrogens with two attached hydrogens (primary N) is 1. The first-order valence-electron chi connectivity index (χ1n) is 10.3. The number of carbonyl (C=O) groups is 1. The monoisotopic (exact) mass is 456 g/mol. The lowest BCUT2D eigenvalue weighted by Gasteiger charge is -2.13. The van der Waals surface area contributed by atoms with Crippen molar-refractivity contribution in [2.24, 2.45) is 0 Å². The van der Waals surface area contributed by atoms with Gasteiger partial charge in [-0.2, -0.15) is 0 Å². The highest BCUT2D eigenvalue weighted by Gasteiger charge is 2.21. The first kappa shape index (κ1) is 21.2. The lowest BCUT2D eigenvalue weighted by molar-refractivity contribution is -0.114. The van der Waals surface area contributed by atoms with Crippen molar-refractivity contribution in [3.63, 3.8) is 0 Å². The normalized spacial score (nSPS) is 11.0. The van der Waals surface area contributed by atoms with Crippen molar-refractivity contribution < 1.29 is 13.6 Å². The molecule has 0 aliphatic carbocycles. The van der Waals surface area contributed by atoms with Gasteiger partial charge in [-0.05, 0) is 42.0 Å². The zero-order valence-corrected chi connectivity index (χ0v) is 18.0. The van der Waals surface area contributed by atoms with Gasteiger partial charge in [0.05, 0.1) is 23.0 Å². The van der Waals surface area contributed by atoms with Gasteiger partial charge >= 0.3 is 0 Å². The van der Waals surface area contributed by atoms with E-state index in [2.05, 4.69) is 20.3 Å². The number of carbonyl (C=O) groups excluding carboxylic acids is 1. The fraction of sp³-hybridized carbons (Fsp3) is 0.0400. The van der Waals surface area contributed by atoms with Crippen molar-refractivity contribution >= 4 is 28.4 Å². The standard InChI is InChI=1S/C25H18F2N6O/c1-14(34)31-17-5-2-4-15(10-17)16-11-18(24(28)30-12-16)25-32-20-13-29-9-8-21(20)33(25)22-7-3-6-19(26)23(22)27/h2-13H,1H3,(H2,28,30)(H,31,34). The van der Waals surface area contributed by atoms with Gasteiger partial charge in [0.2, 0.25) is 5.91 Å². The summed E-state index contributed by atoms with van der Waals surface area (Å²) in [5.41, 5.74) is 9.78. The lowest BCUT2D eigenvalue weighted by atomic mass is 10.0. The molecular formula is C25H18F2N6O. The zero-order valence-electron chi connectivity index (χ0n) is 18.0. The summed E-state index contributed by atoms with van der Waals surface area (Å²) in [6, 6.07) is 14.6. The molecule has 168 valence electrons. The Morgan fingerprint density at radius 1 is 1.03 bits per heavy atom. The maximum Gasteiger partial charge on any atom is 0.221 e. The maximum absolute atomic E-state index is 14.9. The van der Waals surface area contributed by atoms with Gasteiger partial charge in [0.25, 0.3) is 0 Å². The summed E-state index contributed by atoms with van der Waals surface area (Å²) in [5, 5.41) is 2.75. The van der Waals surface area contributed by atoms with Crippen LogP contribution in [0.1, 0.15) is 6.92 Å². The van der Waals surface area contributed by atoms with Crippen LogP contribution < -0.4 is 11.1 Å². The average molecular weight is 456 g/mol. The first-order chi connectivity index (χ1) is 16.4. The summed E-state index contributed by atoms with van der Waals surface area (Å²) in [4.78, 5) is 24.5. The molecule has 0 unspecified atom stereocenters. The number of pyridine rings is 2. The quantitative estimate of drug-likeness (QED) is 0.398. The first-order valence-corrected chi connectivity index (χ1v) is 10.3. The van der Waals surface area contributed by atoms with E-state index in [4.69, 9.17) is 5.73 Å². The summed E-state index contributed by atoms with van der Waals surface area (Å²) in [7, 11) is 0. The van der Waals surface area contributed by atoms with Crippen LogP contribution in [0, 0.1) is 11.6 Å². The topological polar surface area (TPSA) is 98.7 Å². The molecule has 0 aliphatic heterocycles. The van der Waals surface area contributed by atoms with Crippen LogP contribution in [0.4, 0.5) is 20.3 Å². The third-order valence-electron chi connectivity index (χ3n) is 5.30. The summed E-state index contributed by atoms with van der Waals surface area (Å²) in [5.74, 6) is -1.72. The molecule has 0 atom stereocenters. The number of aromatic nitrogens is 4. The average Bonchev–Trinajstić information content (AvgIpc) is 3.20. The van der Waals surface area contributed by atoms with Crippen molar-refractivity contribution in [2.45, 2.75) is 6.92 Å². The Labute approximate surface area is 192 Å². The Morgan fingerprint density at radius 3 is 2.68 bits per heavy atom. The van der Waals surface area contributed by atoms with E-state index in [0.29, 0.717) is 27.8 Å². The van der Waals surface area contributed by atoms with Crippen molar-refractivity contribution in [3.8, 4) is 28.2 Å². The molecule has 2 aromatic carbocycles. The van der Waals surface area contributed by atoms with Crippen LogP contribution in [-0.4, -0.2) is 25.4 Å². The molecule has 34 heavy (non-hydrogen) atoms. The molecule has 0 bridgehead atoms. The van der Waals surface area contributed by atoms with E-state index in [1.807, 2.05) is 6.07 Å². The second-order valence-corrected chi connectivity index (χ2v) is 7.63. The van der Waals surface area contributed by atoms with Crippen LogP contribution in [-0.2, 0) is 4.79 Å². The maximum atomic E-state index is 14.9. The highest BCUT2D eigenvalue weighted by Crippen LogP contribution is 2.34. The largest absolute Gasteiger partial charge is 0.383 e. The molecular weight excluding hydrogens is 438 g/mol. The number of benzene rings is 2. The van der Waals surface area contributed by atoms with E-state index in [1.54, 1.807) is 42.7 Å². The highest BCUT2D eigenvalue weighted by atomic mass is 19.2. The third kappa shape index (κ3) is 3.73. The number of imidazole rings is 1. The van der Waals surface area contributed by atoms with Crippen molar-refractivity contribution in [1.29, 1.82) is 0 Å². The minimum atomic E-state index is -1.01. The smallest absolute Gasteiger partial charge is 0.221 e. The number of nitrogens with zero attached hydrogens (tertiary/aromatic N) is 4. The Balaban J connectivity index is 1.73. The molecule has 0 aliphatic rings. The predicted octanol–water partition coefficient (Wildman–Crippen LogP) is 4.97. The minimum Gasteiger partial charge on any atom is -0.383 e. The summed E-state index contributed by atoms with van der Waals surface area (Å²) in [6.07, 6.45) is 4.69. The van der Waals surface area contributed by atoms with Gasteiger partial charge in [-0.15, -0.1) is 0 Å². The number of nitrogen functional groups attached to an aromatic ring is 1. The van der Waals surface area contributed by atoms with Gasteiger partial charge in [0.15, 0.2) is 11.6 Å². The molecule has 5 aromatic rings. The molecule has 0 saturated carbocycles. The Bertz CT molecular complexity index is 1560. The molecule has 0 saturated heterocycles. The number of hydrogen-bond acceptors (Lipinski definition) is 5. The summed E-state index contributed by atoms with van der Waals surface area (Å²) >= 11 is 0. The summed E-state index contributed by atoms with van der Waals surface area (Å²) in [6.45, 7) is 1.43. The second kappa shape index (κ2) is 8.36. The molecule has 0 radical (unpaired) electrons. The van der Waals surface area contributed by atoms with Crippen LogP contribution in [0.25, 0.3) is 39.2 Å². The lowest BCUT2D eigenvalue weighted by Crippen LogP contribution is -2.06. The van der Waals surface area contributed by atoms with Crippen molar-refractivity contribution in [2.75, 3.05) is 11.1 Å². The van der Waals surface area contributed by atoms with Crippen LogP contribution in [0.2, 0.25) is 0 Å². The van der Waals surface area contributed by atoms with Gasteiger partial charge in [-0.3, -0.25) is 14.3 Å². The Kier molecular flexibility index (Phi) is 5.21. The summed E-state index contributed by atoms with van der Waals surface area (Å²) < 4.78 is 30.5. The van der Waals surface area contributed by atoms with Gasteiger partial charge < -0.3 is 11.1 Å². The van der Waals surface area contributed by atoms with Gasteiger partial charge in [-0.1, -0.05) is 18.2 Å². The molecule has 1 amide bonds. The number of nitrogens with one attached hydrogen (secondary N) is 1. The number of amides is 1. The van der Waals surface area contributed by atoms with Crippen LogP contribution in [0.15, 0.2) is 73.2 Å². The molecule has 5 rings (SSSR count). The molecule has 9 heteroatoms. The zero-order chi connectivity index (χ0) is 23.8. The van der Waals surface area contributed by atoms with Crippen LogP contribution in [0.5, 0.6) is 0 Å². The van der Waals surface area contributed by atoms with Crippen molar-refractivity contribution in [1.82, 2.24) is 19.5 Å². The van der Waals surface area contributed by atoms with Gasteiger partial charge in [-0.25, -0.2) is 18.7 Å². The van der Waals surface area contributed by atoms with Crippen molar-refractivity contribution in [3.05, 3.63) is 84.8 Å². The number of fused-ring (bicyclic) bond motifs is 1. The predicted molar refractivity (Wildman–Crippen MR) is 126 cm³/mol. The van der Waals surface area contributed by atoms with E-state index < -0.39 is 11.6 Å². The second-order valence-electron chi connectivity index (χ2n) is 7.63. The molecule has 3 heterocycles. The van der Waals surface area contributed by atoms with Gasteiger partial charge in [0.1, 0.15) is 17.2 Å². The number of anilines is 2. The van der Waals surface area contributed by atoms with Gasteiger partial charge in [0, 0.05) is 30.6 Å². The van der Waals surface area contributed by atoms with E-state index in [-0.39, 0.29) is 23.2 Å². The minimum absolute atomic E-state index is 0.0128. The fourth-order valence-corrected chi connectivity index (χ4v) is 3.81. The number of halogens is 2. The molecule has 3 N–H and O–H groups in total. The van der Waals surface area contributed by atoms with E-state index >= 15 is 0 Å². The van der Waals surface area contributed by atoms with E-state index in [0.717, 1.165) is 11.6 Å². The fourth-order valence-electron chi connectivity index (χ4n) is 3.81. The van der Waals surface area contributed by atoms with Crippen LogP contribution >= 0.6 is 0 Å². The van der Waals surface area contributed by atoms with Crippen LogP contribution in [0.3, 0.4) is 0 Å². The Morgan fingerprint density at radius 2 is 1.85 bits per heavy atom. The molecule has 3 aromatic heterocycles. The van der Waals surface area contributed by atoms with E-state index in [9.17, 15) is 13.6 Å². The Hall–Kier alpha value is -4.66. The molecule has 0 fully saturated rings. The molecule has 0 spiro atoms. The number of rotatable bonds is 4.